The number of urea groups is 1. The Morgan fingerprint density at radius 2 is 2.04 bits per heavy atom. The molecule has 0 aromatic heterocycles. The minimum atomic E-state index is -0.251. The van der Waals surface area contributed by atoms with Crippen LogP contribution in [0.1, 0.15) is 27.5 Å². The summed E-state index contributed by atoms with van der Waals surface area (Å²) in [5.74, 6) is -0.174. The lowest BCUT2D eigenvalue weighted by Crippen LogP contribution is -2.32. The molecule has 2 aromatic rings. The second-order valence-electron chi connectivity index (χ2n) is 6.11. The summed E-state index contributed by atoms with van der Waals surface area (Å²) in [6.07, 6.45) is 0. The lowest BCUT2D eigenvalue weighted by molar-refractivity contribution is 0.0951. The van der Waals surface area contributed by atoms with Crippen molar-refractivity contribution in [1.82, 2.24) is 10.6 Å². The first kappa shape index (κ1) is 17.0. The number of nitrogens with zero attached hydrogens (tertiary/aromatic N) is 1. The van der Waals surface area contributed by atoms with Gasteiger partial charge in [-0.1, -0.05) is 30.3 Å². The topological polar surface area (TPSA) is 87.5 Å². The number of carbonyl (C=O) groups is 2. The Morgan fingerprint density at radius 3 is 2.68 bits per heavy atom. The maximum Gasteiger partial charge on any atom is 0.322 e. The number of carbonyl (C=O) groups excluding carboxylic acids is 2. The van der Waals surface area contributed by atoms with E-state index in [1.807, 2.05) is 43.3 Å². The van der Waals surface area contributed by atoms with Crippen LogP contribution in [0.25, 0.3) is 0 Å². The summed E-state index contributed by atoms with van der Waals surface area (Å²) in [5, 5.41) is 5.64. The summed E-state index contributed by atoms with van der Waals surface area (Å²) in [4.78, 5) is 25.8. The minimum Gasteiger partial charge on any atom is -0.350 e. The van der Waals surface area contributed by atoms with Gasteiger partial charge in [-0.25, -0.2) is 4.79 Å². The molecule has 1 heterocycles. The van der Waals surface area contributed by atoms with E-state index in [1.165, 1.54) is 0 Å². The highest BCUT2D eigenvalue weighted by molar-refractivity contribution is 5.97. The number of hydrogen-bond acceptors (Lipinski definition) is 3. The molecule has 0 spiro atoms. The molecule has 0 aliphatic carbocycles. The highest BCUT2D eigenvalue weighted by Crippen LogP contribution is 2.23. The van der Waals surface area contributed by atoms with Crippen molar-refractivity contribution in [3.8, 4) is 0 Å². The third-order valence-electron chi connectivity index (χ3n) is 4.32. The predicted octanol–water partition coefficient (Wildman–Crippen LogP) is 1.95. The third kappa shape index (κ3) is 3.80. The summed E-state index contributed by atoms with van der Waals surface area (Å²) in [6.45, 7) is 3.53. The molecule has 3 amide bonds. The van der Waals surface area contributed by atoms with Gasteiger partial charge in [-0.15, -0.1) is 0 Å². The quantitative estimate of drug-likeness (QED) is 0.779. The summed E-state index contributed by atoms with van der Waals surface area (Å²) in [5.41, 5.74) is 9.36. The first-order valence-electron chi connectivity index (χ1n) is 8.31. The number of aryl methyl sites for hydroxylation is 1. The van der Waals surface area contributed by atoms with E-state index in [2.05, 4.69) is 10.6 Å². The van der Waals surface area contributed by atoms with Crippen LogP contribution in [0.2, 0.25) is 0 Å². The second kappa shape index (κ2) is 7.36. The zero-order valence-electron chi connectivity index (χ0n) is 14.2. The number of nitrogens with one attached hydrogen (secondary N) is 2. The van der Waals surface area contributed by atoms with Crippen molar-refractivity contribution in [2.24, 2.45) is 5.73 Å². The first-order chi connectivity index (χ1) is 12.1. The number of amides is 3. The summed E-state index contributed by atoms with van der Waals surface area (Å²) < 4.78 is 0. The molecule has 2 aromatic carbocycles. The maximum atomic E-state index is 12.4. The predicted molar refractivity (Wildman–Crippen MR) is 97.6 cm³/mol. The molecule has 6 heteroatoms. The molecule has 6 nitrogen and oxygen atoms in total. The van der Waals surface area contributed by atoms with Crippen LogP contribution in [0.15, 0.2) is 48.5 Å². The van der Waals surface area contributed by atoms with Crippen LogP contribution in [0, 0.1) is 6.92 Å². The van der Waals surface area contributed by atoms with Crippen molar-refractivity contribution in [3.05, 3.63) is 65.2 Å². The van der Waals surface area contributed by atoms with Crippen molar-refractivity contribution in [1.29, 1.82) is 0 Å². The molecule has 130 valence electrons. The highest BCUT2D eigenvalue weighted by atomic mass is 16.2. The van der Waals surface area contributed by atoms with Crippen LogP contribution in [0.5, 0.6) is 0 Å². The fraction of sp³-hybridized carbons (Fsp3) is 0.263. The molecule has 1 saturated heterocycles. The Kier molecular flexibility index (Phi) is 5.00. The van der Waals surface area contributed by atoms with Gasteiger partial charge in [0.15, 0.2) is 0 Å². The van der Waals surface area contributed by atoms with Gasteiger partial charge in [0.25, 0.3) is 5.91 Å². The van der Waals surface area contributed by atoms with Crippen molar-refractivity contribution >= 4 is 17.6 Å². The number of nitrogens with two attached hydrogens (primary N) is 1. The van der Waals surface area contributed by atoms with Crippen molar-refractivity contribution < 1.29 is 9.59 Å². The Labute approximate surface area is 147 Å². The Hall–Kier alpha value is -2.86. The average Bonchev–Trinajstić information content (AvgIpc) is 3.05. The molecule has 0 saturated carbocycles. The standard InChI is InChI=1S/C19H22N4O2/c1-13-11-15(7-8-17(13)23-10-9-21-19(23)25)18(24)22-12-16(20)14-5-3-2-4-6-14/h2-8,11,16H,9-10,12,20H2,1H3,(H,21,25)(H,22,24). The van der Waals surface area contributed by atoms with Crippen LogP contribution in [-0.2, 0) is 0 Å². The molecule has 25 heavy (non-hydrogen) atoms. The Bertz CT molecular complexity index is 776. The van der Waals surface area contributed by atoms with Gasteiger partial charge in [-0.3, -0.25) is 9.69 Å². The van der Waals surface area contributed by atoms with E-state index in [-0.39, 0.29) is 18.0 Å². The monoisotopic (exact) mass is 338 g/mol. The minimum absolute atomic E-state index is 0.103. The zero-order valence-corrected chi connectivity index (χ0v) is 14.2. The first-order valence-corrected chi connectivity index (χ1v) is 8.31. The van der Waals surface area contributed by atoms with E-state index < -0.39 is 0 Å². The molecule has 4 N–H and O–H groups in total. The van der Waals surface area contributed by atoms with E-state index in [0.29, 0.717) is 25.2 Å². The van der Waals surface area contributed by atoms with Crippen molar-refractivity contribution in [3.63, 3.8) is 0 Å². The largest absolute Gasteiger partial charge is 0.350 e. The fourth-order valence-electron chi connectivity index (χ4n) is 2.92. The van der Waals surface area contributed by atoms with E-state index in [9.17, 15) is 9.59 Å². The number of benzene rings is 2. The molecular weight excluding hydrogens is 316 g/mol. The van der Waals surface area contributed by atoms with Gasteiger partial charge in [0, 0.05) is 36.9 Å². The van der Waals surface area contributed by atoms with E-state index >= 15 is 0 Å². The molecule has 1 fully saturated rings. The van der Waals surface area contributed by atoms with Crippen LogP contribution in [0.3, 0.4) is 0 Å². The second-order valence-corrected chi connectivity index (χ2v) is 6.11. The summed E-state index contributed by atoms with van der Waals surface area (Å²) in [6, 6.07) is 14.6. The van der Waals surface area contributed by atoms with Crippen LogP contribution in [0.4, 0.5) is 10.5 Å². The van der Waals surface area contributed by atoms with Crippen LogP contribution >= 0.6 is 0 Å². The molecule has 1 aliphatic heterocycles. The SMILES string of the molecule is Cc1cc(C(=O)NCC(N)c2ccccc2)ccc1N1CCNC1=O. The van der Waals surface area contributed by atoms with E-state index in [4.69, 9.17) is 5.73 Å². The van der Waals surface area contributed by atoms with Gasteiger partial charge in [0.1, 0.15) is 0 Å². The summed E-state index contributed by atoms with van der Waals surface area (Å²) in [7, 11) is 0. The lowest BCUT2D eigenvalue weighted by Gasteiger charge is -2.18. The average molecular weight is 338 g/mol. The fourth-order valence-corrected chi connectivity index (χ4v) is 2.92. The van der Waals surface area contributed by atoms with E-state index in [0.717, 1.165) is 16.8 Å². The third-order valence-corrected chi connectivity index (χ3v) is 4.32. The van der Waals surface area contributed by atoms with Gasteiger partial charge >= 0.3 is 6.03 Å². The van der Waals surface area contributed by atoms with Crippen LogP contribution < -0.4 is 21.3 Å². The van der Waals surface area contributed by atoms with Crippen molar-refractivity contribution in [2.45, 2.75) is 13.0 Å². The number of rotatable bonds is 5. The molecule has 0 bridgehead atoms. The normalized spacial score (nSPS) is 15.0. The van der Waals surface area contributed by atoms with Gasteiger partial charge in [0.05, 0.1) is 0 Å². The maximum absolute atomic E-state index is 12.4. The van der Waals surface area contributed by atoms with E-state index in [1.54, 1.807) is 17.0 Å². The zero-order chi connectivity index (χ0) is 17.8. The summed E-state index contributed by atoms with van der Waals surface area (Å²) >= 11 is 0. The molecule has 1 aliphatic rings. The molecule has 1 atom stereocenters. The molecule has 0 radical (unpaired) electrons. The Balaban J connectivity index is 1.64. The highest BCUT2D eigenvalue weighted by Gasteiger charge is 2.23. The van der Waals surface area contributed by atoms with Crippen molar-refractivity contribution in [2.75, 3.05) is 24.5 Å². The molecule has 3 rings (SSSR count). The van der Waals surface area contributed by atoms with Gasteiger partial charge in [-0.05, 0) is 36.2 Å². The molecule has 1 unspecified atom stereocenters. The lowest BCUT2D eigenvalue weighted by atomic mass is 10.1. The van der Waals surface area contributed by atoms with Crippen LogP contribution in [-0.4, -0.2) is 31.6 Å². The molecular formula is C19H22N4O2. The number of hydrogen-bond donors (Lipinski definition) is 3. The smallest absolute Gasteiger partial charge is 0.322 e. The van der Waals surface area contributed by atoms with Gasteiger partial charge in [-0.2, -0.15) is 0 Å². The van der Waals surface area contributed by atoms with Gasteiger partial charge < -0.3 is 16.4 Å². The van der Waals surface area contributed by atoms with Gasteiger partial charge in [0.2, 0.25) is 0 Å². The number of anilines is 1. The Morgan fingerprint density at radius 1 is 1.28 bits per heavy atom.